The third-order valence-corrected chi connectivity index (χ3v) is 5.40. The fourth-order valence-corrected chi connectivity index (χ4v) is 4.53. The number of hydrogen-bond donors (Lipinski definition) is 1. The van der Waals surface area contributed by atoms with Crippen LogP contribution in [0.5, 0.6) is 0 Å². The maximum atomic E-state index is 6.09. The van der Waals surface area contributed by atoms with Gasteiger partial charge in [-0.3, -0.25) is 0 Å². The summed E-state index contributed by atoms with van der Waals surface area (Å²) in [6.07, 6.45) is 12.3. The Morgan fingerprint density at radius 1 is 1.11 bits per heavy atom. The lowest BCUT2D eigenvalue weighted by Crippen LogP contribution is -2.57. The molecule has 18 heavy (non-hydrogen) atoms. The summed E-state index contributed by atoms with van der Waals surface area (Å²) in [6.45, 7) is 2.39. The molecule has 1 N–H and O–H groups in total. The van der Waals surface area contributed by atoms with E-state index in [2.05, 4.69) is 19.3 Å². The van der Waals surface area contributed by atoms with E-state index >= 15 is 0 Å². The normalized spacial score (nSPS) is 36.5. The molecule has 3 atom stereocenters. The van der Waals surface area contributed by atoms with Crippen molar-refractivity contribution in [1.29, 1.82) is 0 Å². The van der Waals surface area contributed by atoms with Crippen molar-refractivity contribution in [1.82, 2.24) is 5.32 Å². The molecule has 3 unspecified atom stereocenters. The molecule has 106 valence electrons. The van der Waals surface area contributed by atoms with Gasteiger partial charge >= 0.3 is 0 Å². The zero-order valence-electron chi connectivity index (χ0n) is 12.5. The lowest BCUT2D eigenvalue weighted by Gasteiger charge is -2.48. The van der Waals surface area contributed by atoms with Gasteiger partial charge in [0.1, 0.15) is 0 Å². The van der Waals surface area contributed by atoms with E-state index in [1.807, 2.05) is 7.11 Å². The summed E-state index contributed by atoms with van der Waals surface area (Å²) in [5, 5.41) is 3.63. The van der Waals surface area contributed by atoms with Gasteiger partial charge in [-0.05, 0) is 44.6 Å². The Morgan fingerprint density at radius 3 is 2.39 bits per heavy atom. The molecule has 0 aromatic heterocycles. The lowest BCUT2D eigenvalue weighted by atomic mass is 9.68. The average molecular weight is 253 g/mol. The molecule has 0 aromatic rings. The standard InChI is InChI=1S/C16H31NO/c1-13-8-7-11-16(12-13,18-3)15(17-2)14-9-5-4-6-10-14/h13-15,17H,4-12H2,1-3H3. The first-order chi connectivity index (χ1) is 8.72. The van der Waals surface area contributed by atoms with Gasteiger partial charge in [-0.15, -0.1) is 0 Å². The Kier molecular flexibility index (Phi) is 5.08. The van der Waals surface area contributed by atoms with Gasteiger partial charge in [0, 0.05) is 13.2 Å². The zero-order valence-corrected chi connectivity index (χ0v) is 12.5. The SMILES string of the molecule is CNC(C1CCCCC1)C1(OC)CCCC(C)C1. The molecule has 0 spiro atoms. The Hall–Kier alpha value is -0.0800. The van der Waals surface area contributed by atoms with Crippen LogP contribution >= 0.6 is 0 Å². The first-order valence-corrected chi connectivity index (χ1v) is 7.94. The predicted molar refractivity (Wildman–Crippen MR) is 76.8 cm³/mol. The fraction of sp³-hybridized carbons (Fsp3) is 1.00. The van der Waals surface area contributed by atoms with E-state index in [0.29, 0.717) is 6.04 Å². The summed E-state index contributed by atoms with van der Waals surface area (Å²) in [7, 11) is 4.07. The number of hydrogen-bond acceptors (Lipinski definition) is 2. The predicted octanol–water partition coefficient (Wildman–Crippen LogP) is 3.75. The van der Waals surface area contributed by atoms with E-state index in [4.69, 9.17) is 4.74 Å². The number of rotatable bonds is 4. The molecule has 0 aliphatic heterocycles. The van der Waals surface area contributed by atoms with Crippen LogP contribution in [-0.2, 0) is 4.74 Å². The summed E-state index contributed by atoms with van der Waals surface area (Å²) in [6, 6.07) is 0.561. The molecule has 2 saturated carbocycles. The summed E-state index contributed by atoms with van der Waals surface area (Å²) < 4.78 is 6.09. The van der Waals surface area contributed by atoms with Crippen LogP contribution in [0, 0.1) is 11.8 Å². The Morgan fingerprint density at radius 2 is 1.83 bits per heavy atom. The quantitative estimate of drug-likeness (QED) is 0.824. The molecule has 2 rings (SSSR count). The van der Waals surface area contributed by atoms with Crippen molar-refractivity contribution in [2.75, 3.05) is 14.2 Å². The van der Waals surface area contributed by atoms with Crippen molar-refractivity contribution >= 4 is 0 Å². The molecule has 0 bridgehead atoms. The highest BCUT2D eigenvalue weighted by atomic mass is 16.5. The largest absolute Gasteiger partial charge is 0.377 e. The van der Waals surface area contributed by atoms with Gasteiger partial charge in [-0.25, -0.2) is 0 Å². The van der Waals surface area contributed by atoms with Crippen LogP contribution in [0.4, 0.5) is 0 Å². The number of nitrogens with one attached hydrogen (secondary N) is 1. The van der Waals surface area contributed by atoms with Crippen LogP contribution in [0.3, 0.4) is 0 Å². The summed E-state index contributed by atoms with van der Waals surface area (Å²) in [5.41, 5.74) is 0.106. The van der Waals surface area contributed by atoms with Crippen LogP contribution < -0.4 is 5.32 Å². The van der Waals surface area contributed by atoms with Gasteiger partial charge in [0.25, 0.3) is 0 Å². The minimum absolute atomic E-state index is 0.106. The summed E-state index contributed by atoms with van der Waals surface area (Å²) >= 11 is 0. The van der Waals surface area contributed by atoms with Gasteiger partial charge in [0.2, 0.25) is 0 Å². The maximum Gasteiger partial charge on any atom is 0.0836 e. The second-order valence-corrected chi connectivity index (χ2v) is 6.63. The van der Waals surface area contributed by atoms with E-state index in [9.17, 15) is 0 Å². The lowest BCUT2D eigenvalue weighted by molar-refractivity contribution is -0.0941. The molecule has 2 nitrogen and oxygen atoms in total. The minimum atomic E-state index is 0.106. The van der Waals surface area contributed by atoms with Gasteiger partial charge in [0.05, 0.1) is 5.60 Å². The Labute approximate surface area is 113 Å². The molecular formula is C16H31NO. The molecule has 2 fully saturated rings. The molecule has 2 aliphatic carbocycles. The van der Waals surface area contributed by atoms with E-state index in [1.54, 1.807) is 0 Å². The van der Waals surface area contributed by atoms with Crippen LogP contribution in [0.15, 0.2) is 0 Å². The zero-order chi connectivity index (χ0) is 13.0. The highest BCUT2D eigenvalue weighted by molar-refractivity contribution is 4.99. The number of ether oxygens (including phenoxy) is 1. The van der Waals surface area contributed by atoms with Crippen LogP contribution in [0.2, 0.25) is 0 Å². The van der Waals surface area contributed by atoms with Crippen molar-refractivity contribution in [2.24, 2.45) is 11.8 Å². The van der Waals surface area contributed by atoms with Crippen molar-refractivity contribution in [3.63, 3.8) is 0 Å². The molecule has 0 heterocycles. The minimum Gasteiger partial charge on any atom is -0.377 e. The van der Waals surface area contributed by atoms with Crippen molar-refractivity contribution in [3.8, 4) is 0 Å². The van der Waals surface area contributed by atoms with Gasteiger partial charge in [-0.1, -0.05) is 39.0 Å². The summed E-state index contributed by atoms with van der Waals surface area (Å²) in [4.78, 5) is 0. The maximum absolute atomic E-state index is 6.09. The van der Waals surface area contributed by atoms with Gasteiger partial charge < -0.3 is 10.1 Å². The third kappa shape index (κ3) is 2.91. The smallest absolute Gasteiger partial charge is 0.0836 e. The highest BCUT2D eigenvalue weighted by Crippen LogP contribution is 2.42. The van der Waals surface area contributed by atoms with Crippen molar-refractivity contribution in [3.05, 3.63) is 0 Å². The number of likely N-dealkylation sites (N-methyl/N-ethyl adjacent to an activating group) is 1. The van der Waals surface area contributed by atoms with E-state index in [0.717, 1.165) is 11.8 Å². The molecule has 2 aliphatic rings. The van der Waals surface area contributed by atoms with Gasteiger partial charge in [-0.2, -0.15) is 0 Å². The Balaban J connectivity index is 2.11. The Bertz CT molecular complexity index is 249. The molecule has 0 radical (unpaired) electrons. The first-order valence-electron chi connectivity index (χ1n) is 7.94. The van der Waals surface area contributed by atoms with Crippen LogP contribution in [-0.4, -0.2) is 25.8 Å². The second-order valence-electron chi connectivity index (χ2n) is 6.63. The fourth-order valence-electron chi connectivity index (χ4n) is 4.53. The van der Waals surface area contributed by atoms with Gasteiger partial charge in [0.15, 0.2) is 0 Å². The monoisotopic (exact) mass is 253 g/mol. The average Bonchev–Trinajstić information content (AvgIpc) is 2.41. The van der Waals surface area contributed by atoms with Crippen molar-refractivity contribution < 1.29 is 4.74 Å². The van der Waals surface area contributed by atoms with Crippen LogP contribution in [0.25, 0.3) is 0 Å². The molecule has 0 saturated heterocycles. The molecule has 0 amide bonds. The molecule has 0 aromatic carbocycles. The van der Waals surface area contributed by atoms with E-state index in [1.165, 1.54) is 57.8 Å². The molecule has 2 heteroatoms. The van der Waals surface area contributed by atoms with E-state index < -0.39 is 0 Å². The topological polar surface area (TPSA) is 21.3 Å². The second kappa shape index (κ2) is 6.38. The van der Waals surface area contributed by atoms with Crippen molar-refractivity contribution in [2.45, 2.75) is 76.4 Å². The summed E-state index contributed by atoms with van der Waals surface area (Å²) in [5.74, 6) is 1.65. The molecular weight excluding hydrogens is 222 g/mol. The van der Waals surface area contributed by atoms with E-state index in [-0.39, 0.29) is 5.60 Å². The highest BCUT2D eigenvalue weighted by Gasteiger charge is 2.44. The number of methoxy groups -OCH3 is 1. The first kappa shape index (κ1) is 14.3. The van der Waals surface area contributed by atoms with Crippen LogP contribution in [0.1, 0.15) is 64.7 Å². The third-order valence-electron chi connectivity index (χ3n) is 5.40.